The summed E-state index contributed by atoms with van der Waals surface area (Å²) < 4.78 is 30.8. The van der Waals surface area contributed by atoms with Crippen LogP contribution in [0.3, 0.4) is 0 Å². The highest BCUT2D eigenvalue weighted by Crippen LogP contribution is 2.43. The molecule has 9 nitrogen and oxygen atoms in total. The van der Waals surface area contributed by atoms with Crippen molar-refractivity contribution in [2.45, 2.75) is 27.2 Å². The largest absolute Gasteiger partial charge is 0.365 e. The zero-order chi connectivity index (χ0) is 27.3. The third kappa shape index (κ3) is 4.22. The maximum atomic E-state index is 13.8. The minimum absolute atomic E-state index is 0.000757. The lowest BCUT2D eigenvalue weighted by molar-refractivity contribution is 0.100. The second-order valence-electron chi connectivity index (χ2n) is 8.80. The Balaban J connectivity index is 1.70. The summed E-state index contributed by atoms with van der Waals surface area (Å²) in [4.78, 5) is 30.3. The van der Waals surface area contributed by atoms with Gasteiger partial charge in [0, 0.05) is 24.2 Å². The summed E-state index contributed by atoms with van der Waals surface area (Å²) in [6, 6.07) is 10.6. The second-order valence-corrected chi connectivity index (χ2v) is 9.79. The van der Waals surface area contributed by atoms with Crippen LogP contribution in [0, 0.1) is 20.8 Å². The van der Waals surface area contributed by atoms with Crippen molar-refractivity contribution in [1.29, 1.82) is 0 Å². The lowest BCUT2D eigenvalue weighted by Gasteiger charge is -2.11. The van der Waals surface area contributed by atoms with E-state index in [4.69, 9.17) is 5.73 Å². The van der Waals surface area contributed by atoms with E-state index in [1.165, 1.54) is 6.07 Å². The molecule has 3 N–H and O–H groups in total. The fourth-order valence-corrected chi connectivity index (χ4v) is 5.58. The number of nitrogens with one attached hydrogen (secondary N) is 1. The monoisotopic (exact) mass is 535 g/mol. The van der Waals surface area contributed by atoms with Crippen LogP contribution in [0.2, 0.25) is 0 Å². The molecular weight excluding hydrogens is 512 g/mol. The second kappa shape index (κ2) is 9.45. The Morgan fingerprint density at radius 2 is 1.76 bits per heavy atom. The van der Waals surface area contributed by atoms with E-state index >= 15 is 0 Å². The molecular formula is C26H23F2N7O2S. The predicted octanol–water partition coefficient (Wildman–Crippen LogP) is 5.10. The van der Waals surface area contributed by atoms with Gasteiger partial charge in [0.2, 0.25) is 0 Å². The number of primary amides is 1. The van der Waals surface area contributed by atoms with E-state index in [9.17, 15) is 18.4 Å². The van der Waals surface area contributed by atoms with E-state index in [-0.39, 0.29) is 15.4 Å². The first-order chi connectivity index (χ1) is 18.1. The summed E-state index contributed by atoms with van der Waals surface area (Å²) in [7, 11) is 1.71. The Hall–Kier alpha value is -4.45. The molecule has 12 heteroatoms. The number of pyridine rings is 1. The van der Waals surface area contributed by atoms with Crippen LogP contribution < -0.4 is 11.1 Å². The first-order valence-corrected chi connectivity index (χ1v) is 12.4. The lowest BCUT2D eigenvalue weighted by Crippen LogP contribution is -2.18. The molecule has 0 radical (unpaired) electrons. The highest BCUT2D eigenvalue weighted by molar-refractivity contribution is 7.21. The van der Waals surface area contributed by atoms with E-state index in [0.29, 0.717) is 39.2 Å². The standard InChI is InChI=1S/C26H23F2N7O2S/c1-12-17(11-34(4)32-12)16-10-18(23(27)28)30-26-20(16)21(22(38-26)24(29)36)31-25(37)19-13(2)33-35(14(19)3)15-8-6-5-7-9-15/h5-11,23H,1-4H3,(H2,29,36)(H,31,37). The quantitative estimate of drug-likeness (QED) is 0.314. The van der Waals surface area contributed by atoms with Gasteiger partial charge in [-0.3, -0.25) is 14.3 Å². The van der Waals surface area contributed by atoms with Crippen molar-refractivity contribution in [3.05, 3.63) is 75.8 Å². The minimum Gasteiger partial charge on any atom is -0.365 e. The molecule has 0 aliphatic carbocycles. The number of anilines is 1. The molecule has 5 aromatic rings. The molecule has 0 saturated heterocycles. The summed E-state index contributed by atoms with van der Waals surface area (Å²) in [5.74, 6) is -1.33. The SMILES string of the molecule is Cc1nn(C)cc1-c1cc(C(F)F)nc2sc(C(N)=O)c(NC(=O)c3c(C)nn(-c4ccccc4)c3C)c12. The molecule has 0 bridgehead atoms. The average Bonchev–Trinajstić information content (AvgIpc) is 3.51. The third-order valence-corrected chi connectivity index (χ3v) is 7.29. The van der Waals surface area contributed by atoms with E-state index in [1.807, 2.05) is 30.3 Å². The molecule has 0 unspecified atom stereocenters. The molecule has 0 atom stereocenters. The van der Waals surface area contributed by atoms with Gasteiger partial charge in [0.25, 0.3) is 18.2 Å². The van der Waals surface area contributed by atoms with Crippen molar-refractivity contribution in [1.82, 2.24) is 24.5 Å². The topological polar surface area (TPSA) is 121 Å². The highest BCUT2D eigenvalue weighted by Gasteiger charge is 2.28. The van der Waals surface area contributed by atoms with E-state index in [0.717, 1.165) is 17.0 Å². The molecule has 4 aromatic heterocycles. The number of carbonyl (C=O) groups excluding carboxylic acids is 2. The van der Waals surface area contributed by atoms with Crippen LogP contribution >= 0.6 is 11.3 Å². The molecule has 1 aromatic carbocycles. The number of carbonyl (C=O) groups is 2. The molecule has 5 rings (SSSR count). The summed E-state index contributed by atoms with van der Waals surface area (Å²) in [6.45, 7) is 5.22. The molecule has 194 valence electrons. The number of benzene rings is 1. The lowest BCUT2D eigenvalue weighted by atomic mass is 10.0. The zero-order valence-electron chi connectivity index (χ0n) is 20.9. The zero-order valence-corrected chi connectivity index (χ0v) is 21.7. The van der Waals surface area contributed by atoms with Crippen molar-refractivity contribution in [3.8, 4) is 16.8 Å². The number of nitrogens with zero attached hydrogens (tertiary/aromatic N) is 5. The fraction of sp³-hybridized carbons (Fsp3) is 0.192. The number of amides is 2. The number of alkyl halides is 2. The number of fused-ring (bicyclic) bond motifs is 1. The van der Waals surface area contributed by atoms with Crippen molar-refractivity contribution >= 4 is 39.1 Å². The molecule has 0 spiro atoms. The number of aryl methyl sites for hydroxylation is 3. The van der Waals surface area contributed by atoms with Gasteiger partial charge >= 0.3 is 0 Å². The maximum Gasteiger partial charge on any atom is 0.280 e. The number of thiophene rings is 1. The van der Waals surface area contributed by atoms with Gasteiger partial charge in [-0.05, 0) is 44.5 Å². The number of para-hydroxylation sites is 1. The Labute approximate surface area is 219 Å². The third-order valence-electron chi connectivity index (χ3n) is 6.19. The number of halogens is 2. The first kappa shape index (κ1) is 25.2. The Morgan fingerprint density at radius 3 is 2.37 bits per heavy atom. The van der Waals surface area contributed by atoms with Crippen molar-refractivity contribution < 1.29 is 18.4 Å². The number of rotatable bonds is 6. The summed E-state index contributed by atoms with van der Waals surface area (Å²) in [5.41, 5.74) is 9.00. The van der Waals surface area contributed by atoms with Gasteiger partial charge in [-0.25, -0.2) is 18.4 Å². The van der Waals surface area contributed by atoms with Crippen LogP contribution in [0.25, 0.3) is 27.0 Å². The van der Waals surface area contributed by atoms with Crippen LogP contribution in [0.15, 0.2) is 42.6 Å². The van der Waals surface area contributed by atoms with E-state index in [2.05, 4.69) is 20.5 Å². The van der Waals surface area contributed by atoms with Crippen molar-refractivity contribution in [3.63, 3.8) is 0 Å². The van der Waals surface area contributed by atoms with Gasteiger partial charge in [-0.2, -0.15) is 10.2 Å². The van der Waals surface area contributed by atoms with Gasteiger partial charge < -0.3 is 11.1 Å². The Morgan fingerprint density at radius 1 is 1.05 bits per heavy atom. The molecule has 0 saturated carbocycles. The molecule has 0 aliphatic heterocycles. The normalized spacial score (nSPS) is 11.4. The maximum absolute atomic E-state index is 13.8. The minimum atomic E-state index is -2.85. The molecule has 0 fully saturated rings. The van der Waals surface area contributed by atoms with Crippen LogP contribution in [-0.4, -0.2) is 36.4 Å². The Kier molecular flexibility index (Phi) is 6.27. The number of aromatic nitrogens is 5. The summed E-state index contributed by atoms with van der Waals surface area (Å²) in [5, 5.41) is 12.0. The number of hydrogen-bond acceptors (Lipinski definition) is 6. The molecule has 2 amide bonds. The first-order valence-electron chi connectivity index (χ1n) is 11.6. The van der Waals surface area contributed by atoms with Crippen LogP contribution in [0.4, 0.5) is 14.5 Å². The van der Waals surface area contributed by atoms with Gasteiger partial charge in [0.05, 0.1) is 34.0 Å². The average molecular weight is 536 g/mol. The fourth-order valence-electron chi connectivity index (χ4n) is 4.57. The summed E-state index contributed by atoms with van der Waals surface area (Å²) >= 11 is 0.851. The van der Waals surface area contributed by atoms with Gasteiger partial charge in [0.15, 0.2) is 0 Å². The smallest absolute Gasteiger partial charge is 0.280 e. The van der Waals surface area contributed by atoms with Gasteiger partial charge in [-0.1, -0.05) is 18.2 Å². The summed E-state index contributed by atoms with van der Waals surface area (Å²) in [6.07, 6.45) is -1.16. The predicted molar refractivity (Wildman–Crippen MR) is 141 cm³/mol. The van der Waals surface area contributed by atoms with Crippen LogP contribution in [-0.2, 0) is 7.05 Å². The van der Waals surface area contributed by atoms with Crippen LogP contribution in [0.5, 0.6) is 0 Å². The van der Waals surface area contributed by atoms with Crippen molar-refractivity contribution in [2.75, 3.05) is 5.32 Å². The van der Waals surface area contributed by atoms with Crippen LogP contribution in [0.1, 0.15) is 49.2 Å². The molecule has 4 heterocycles. The van der Waals surface area contributed by atoms with Gasteiger partial charge in [0.1, 0.15) is 15.4 Å². The van der Waals surface area contributed by atoms with Gasteiger partial charge in [-0.15, -0.1) is 11.3 Å². The molecule has 38 heavy (non-hydrogen) atoms. The highest BCUT2D eigenvalue weighted by atomic mass is 32.1. The Bertz CT molecular complexity index is 1720. The van der Waals surface area contributed by atoms with E-state index < -0.39 is 23.9 Å². The number of nitrogens with two attached hydrogens (primary N) is 1. The van der Waals surface area contributed by atoms with E-state index in [1.54, 1.807) is 43.4 Å². The molecule has 0 aliphatic rings. The number of hydrogen-bond donors (Lipinski definition) is 2. The van der Waals surface area contributed by atoms with Crippen molar-refractivity contribution in [2.24, 2.45) is 12.8 Å².